The third-order valence-electron chi connectivity index (χ3n) is 3.97. The van der Waals surface area contributed by atoms with Crippen molar-refractivity contribution in [2.24, 2.45) is 11.8 Å². The maximum atomic E-state index is 11.1. The summed E-state index contributed by atoms with van der Waals surface area (Å²) in [6.45, 7) is 7.17. The number of hydrogen-bond acceptors (Lipinski definition) is 3. The van der Waals surface area contributed by atoms with Crippen molar-refractivity contribution in [1.82, 2.24) is 4.90 Å². The highest BCUT2D eigenvalue weighted by molar-refractivity contribution is 5.71. The lowest BCUT2D eigenvalue weighted by Gasteiger charge is -2.15. The first kappa shape index (κ1) is 14.9. The second kappa shape index (κ2) is 6.75. The number of aryl methyl sites for hydroxylation is 1. The molecule has 1 aromatic rings. The van der Waals surface area contributed by atoms with E-state index < -0.39 is 5.97 Å². The summed E-state index contributed by atoms with van der Waals surface area (Å²) in [4.78, 5) is 13.3. The predicted molar refractivity (Wildman–Crippen MR) is 78.0 cm³/mol. The van der Waals surface area contributed by atoms with Crippen molar-refractivity contribution in [3.05, 3.63) is 29.8 Å². The zero-order valence-corrected chi connectivity index (χ0v) is 12.2. The monoisotopic (exact) mass is 277 g/mol. The number of carboxylic acid groups (broad SMARTS) is 1. The Morgan fingerprint density at radius 2 is 2.15 bits per heavy atom. The van der Waals surface area contributed by atoms with Crippen LogP contribution in [0.2, 0.25) is 0 Å². The molecule has 1 saturated heterocycles. The van der Waals surface area contributed by atoms with E-state index in [4.69, 9.17) is 9.84 Å². The summed E-state index contributed by atoms with van der Waals surface area (Å²) in [5.74, 6) is 0.291. The van der Waals surface area contributed by atoms with Crippen LogP contribution in [-0.4, -0.2) is 42.2 Å². The number of aliphatic carboxylic acids is 1. The molecule has 0 aliphatic carbocycles. The van der Waals surface area contributed by atoms with Crippen LogP contribution in [0.5, 0.6) is 5.75 Å². The Kier molecular flexibility index (Phi) is 5.01. The van der Waals surface area contributed by atoms with Gasteiger partial charge in [-0.25, -0.2) is 0 Å². The lowest BCUT2D eigenvalue weighted by molar-refractivity contribution is -0.142. The summed E-state index contributed by atoms with van der Waals surface area (Å²) < 4.78 is 5.75. The quantitative estimate of drug-likeness (QED) is 0.811. The van der Waals surface area contributed by atoms with Gasteiger partial charge >= 0.3 is 5.97 Å². The summed E-state index contributed by atoms with van der Waals surface area (Å²) in [6.07, 6.45) is 0.924. The number of carbonyl (C=O) groups is 1. The Morgan fingerprint density at radius 1 is 1.40 bits per heavy atom. The molecule has 1 aliphatic heterocycles. The van der Waals surface area contributed by atoms with E-state index in [9.17, 15) is 4.79 Å². The molecule has 2 rings (SSSR count). The fourth-order valence-electron chi connectivity index (χ4n) is 2.76. The molecule has 2 atom stereocenters. The van der Waals surface area contributed by atoms with Crippen molar-refractivity contribution in [1.29, 1.82) is 0 Å². The van der Waals surface area contributed by atoms with Crippen LogP contribution in [0.15, 0.2) is 24.3 Å². The molecule has 0 spiro atoms. The van der Waals surface area contributed by atoms with E-state index in [1.165, 1.54) is 0 Å². The average molecular weight is 277 g/mol. The molecule has 4 nitrogen and oxygen atoms in total. The van der Waals surface area contributed by atoms with E-state index in [0.717, 1.165) is 30.8 Å². The summed E-state index contributed by atoms with van der Waals surface area (Å²) >= 11 is 0. The molecule has 1 N–H and O–H groups in total. The number of likely N-dealkylation sites (tertiary alicyclic amines) is 1. The maximum Gasteiger partial charge on any atom is 0.308 e. The highest BCUT2D eigenvalue weighted by Crippen LogP contribution is 2.23. The maximum absolute atomic E-state index is 11.1. The molecule has 0 radical (unpaired) electrons. The molecule has 0 aromatic heterocycles. The fraction of sp³-hybridized carbons (Fsp3) is 0.562. The van der Waals surface area contributed by atoms with Crippen LogP contribution >= 0.6 is 0 Å². The van der Waals surface area contributed by atoms with Gasteiger partial charge < -0.3 is 14.7 Å². The van der Waals surface area contributed by atoms with Gasteiger partial charge in [-0.15, -0.1) is 0 Å². The van der Waals surface area contributed by atoms with Crippen LogP contribution in [0.4, 0.5) is 0 Å². The molecule has 0 unspecified atom stereocenters. The van der Waals surface area contributed by atoms with Crippen molar-refractivity contribution in [3.63, 3.8) is 0 Å². The number of nitrogens with zero attached hydrogens (tertiary/aromatic N) is 1. The highest BCUT2D eigenvalue weighted by atomic mass is 16.5. The molecule has 110 valence electrons. The average Bonchev–Trinajstić information content (AvgIpc) is 2.78. The fourth-order valence-corrected chi connectivity index (χ4v) is 2.76. The first-order valence-electron chi connectivity index (χ1n) is 7.21. The van der Waals surface area contributed by atoms with Gasteiger partial charge in [0.1, 0.15) is 5.75 Å². The Hall–Kier alpha value is -1.55. The number of hydrogen-bond donors (Lipinski definition) is 1. The zero-order valence-electron chi connectivity index (χ0n) is 12.2. The van der Waals surface area contributed by atoms with Gasteiger partial charge in [-0.2, -0.15) is 0 Å². The number of rotatable bonds is 6. The third kappa shape index (κ3) is 3.73. The van der Waals surface area contributed by atoms with Crippen LogP contribution in [0, 0.1) is 18.8 Å². The lowest BCUT2D eigenvalue weighted by atomic mass is 9.99. The standard InChI is InChI=1S/C16H23NO3/c1-12-6-3-4-7-15(12)20-9-5-8-17-10-13(2)14(11-17)16(18)19/h3-4,6-7,13-14H,5,8-11H2,1-2H3,(H,18,19)/t13-,14-/m1/s1. The normalized spacial score (nSPS) is 22.9. The zero-order chi connectivity index (χ0) is 14.5. The summed E-state index contributed by atoms with van der Waals surface area (Å²) in [6, 6.07) is 7.99. The highest BCUT2D eigenvalue weighted by Gasteiger charge is 2.34. The van der Waals surface area contributed by atoms with Crippen LogP contribution < -0.4 is 4.74 Å². The SMILES string of the molecule is Cc1ccccc1OCCCN1C[C@@H](C)[C@H](C(=O)O)C1. The molecule has 0 bridgehead atoms. The van der Waals surface area contributed by atoms with Crippen molar-refractivity contribution < 1.29 is 14.6 Å². The summed E-state index contributed by atoms with van der Waals surface area (Å²) in [5, 5.41) is 9.10. The molecule has 1 aliphatic rings. The largest absolute Gasteiger partial charge is 0.493 e. The van der Waals surface area contributed by atoms with Crippen LogP contribution in [0.25, 0.3) is 0 Å². The smallest absolute Gasteiger partial charge is 0.308 e. The van der Waals surface area contributed by atoms with E-state index in [0.29, 0.717) is 13.2 Å². The second-order valence-electron chi connectivity index (χ2n) is 5.65. The Morgan fingerprint density at radius 3 is 2.80 bits per heavy atom. The van der Waals surface area contributed by atoms with Crippen molar-refractivity contribution >= 4 is 5.97 Å². The predicted octanol–water partition coefficient (Wildman–Crippen LogP) is 2.42. The number of benzene rings is 1. The molecular weight excluding hydrogens is 254 g/mol. The first-order chi connectivity index (χ1) is 9.58. The van der Waals surface area contributed by atoms with E-state index >= 15 is 0 Å². The molecular formula is C16H23NO3. The van der Waals surface area contributed by atoms with Crippen LogP contribution in [-0.2, 0) is 4.79 Å². The van der Waals surface area contributed by atoms with Crippen LogP contribution in [0.1, 0.15) is 18.9 Å². The Bertz CT molecular complexity index is 461. The molecule has 0 saturated carbocycles. The number of ether oxygens (including phenoxy) is 1. The van der Waals surface area contributed by atoms with Gasteiger partial charge in [-0.1, -0.05) is 25.1 Å². The summed E-state index contributed by atoms with van der Waals surface area (Å²) in [5.41, 5.74) is 1.15. The van der Waals surface area contributed by atoms with E-state index in [2.05, 4.69) is 4.90 Å². The Labute approximate surface area is 120 Å². The lowest BCUT2D eigenvalue weighted by Crippen LogP contribution is -2.25. The second-order valence-corrected chi connectivity index (χ2v) is 5.65. The van der Waals surface area contributed by atoms with Crippen LogP contribution in [0.3, 0.4) is 0 Å². The molecule has 1 heterocycles. The van der Waals surface area contributed by atoms with E-state index in [-0.39, 0.29) is 11.8 Å². The first-order valence-corrected chi connectivity index (χ1v) is 7.21. The van der Waals surface area contributed by atoms with Gasteiger partial charge in [0.15, 0.2) is 0 Å². The van der Waals surface area contributed by atoms with Crippen molar-refractivity contribution in [2.75, 3.05) is 26.2 Å². The van der Waals surface area contributed by atoms with E-state index in [1.807, 2.05) is 38.1 Å². The minimum Gasteiger partial charge on any atom is -0.493 e. The number of carboxylic acids is 1. The van der Waals surface area contributed by atoms with Gasteiger partial charge in [0.2, 0.25) is 0 Å². The molecule has 1 aromatic carbocycles. The van der Waals surface area contributed by atoms with E-state index in [1.54, 1.807) is 0 Å². The topological polar surface area (TPSA) is 49.8 Å². The summed E-state index contributed by atoms with van der Waals surface area (Å²) in [7, 11) is 0. The van der Waals surface area contributed by atoms with Crippen molar-refractivity contribution in [2.45, 2.75) is 20.3 Å². The molecule has 1 fully saturated rings. The molecule has 4 heteroatoms. The van der Waals surface area contributed by atoms with Crippen molar-refractivity contribution in [3.8, 4) is 5.75 Å². The third-order valence-corrected chi connectivity index (χ3v) is 3.97. The van der Waals surface area contributed by atoms with Gasteiger partial charge in [0.25, 0.3) is 0 Å². The molecule has 20 heavy (non-hydrogen) atoms. The van der Waals surface area contributed by atoms with Gasteiger partial charge in [-0.05, 0) is 30.9 Å². The van der Waals surface area contributed by atoms with Gasteiger partial charge in [0, 0.05) is 19.6 Å². The van der Waals surface area contributed by atoms with Gasteiger partial charge in [-0.3, -0.25) is 4.79 Å². The molecule has 0 amide bonds. The minimum atomic E-state index is -0.670. The number of para-hydroxylation sites is 1. The van der Waals surface area contributed by atoms with Gasteiger partial charge in [0.05, 0.1) is 12.5 Å². The Balaban J connectivity index is 1.70. The minimum absolute atomic E-state index is 0.215.